The fraction of sp³-hybridized carbons (Fsp3) is 0.647. The van der Waals surface area contributed by atoms with Crippen molar-refractivity contribution in [2.75, 3.05) is 6.61 Å². The molecule has 3 atom stereocenters. The molecule has 1 aliphatic rings. The maximum absolute atomic E-state index is 6.20. The third-order valence-electron chi connectivity index (χ3n) is 3.88. The van der Waals surface area contributed by atoms with Gasteiger partial charge >= 0.3 is 0 Å². The molecule has 0 aromatic heterocycles. The van der Waals surface area contributed by atoms with Crippen molar-refractivity contribution in [3.8, 4) is 5.75 Å². The van der Waals surface area contributed by atoms with Gasteiger partial charge in [-0.1, -0.05) is 32.9 Å². The Morgan fingerprint density at radius 1 is 1.35 bits per heavy atom. The van der Waals surface area contributed by atoms with Gasteiger partial charge in [0.1, 0.15) is 18.0 Å². The van der Waals surface area contributed by atoms with Gasteiger partial charge in [0.25, 0.3) is 0 Å². The van der Waals surface area contributed by atoms with Crippen molar-refractivity contribution in [3.05, 3.63) is 29.3 Å². The van der Waals surface area contributed by atoms with Crippen molar-refractivity contribution in [2.24, 2.45) is 5.73 Å². The Balaban J connectivity index is 2.08. The van der Waals surface area contributed by atoms with Crippen LogP contribution in [0.5, 0.6) is 5.75 Å². The lowest BCUT2D eigenvalue weighted by atomic mass is 9.85. The average Bonchev–Trinajstić information content (AvgIpc) is 2.38. The zero-order chi connectivity index (χ0) is 14.7. The minimum atomic E-state index is 0.0375. The monoisotopic (exact) mass is 277 g/mol. The summed E-state index contributed by atoms with van der Waals surface area (Å²) in [6, 6.07) is 6.53. The van der Waals surface area contributed by atoms with E-state index in [1.54, 1.807) is 0 Å². The summed E-state index contributed by atoms with van der Waals surface area (Å²) in [7, 11) is 0. The molecule has 1 aromatic rings. The van der Waals surface area contributed by atoms with Gasteiger partial charge in [0.15, 0.2) is 0 Å². The molecule has 3 nitrogen and oxygen atoms in total. The molecule has 0 spiro atoms. The number of rotatable bonds is 6. The molecule has 1 aliphatic carbocycles. The summed E-state index contributed by atoms with van der Waals surface area (Å²) in [4.78, 5) is 0. The number of nitrogens with two attached hydrogens (primary N) is 1. The summed E-state index contributed by atoms with van der Waals surface area (Å²) in [5.74, 6) is 1.44. The molecule has 1 fully saturated rings. The predicted octanol–water partition coefficient (Wildman–Crippen LogP) is 3.39. The molecule has 1 aromatic carbocycles. The lowest BCUT2D eigenvalue weighted by molar-refractivity contribution is -0.0983. The largest absolute Gasteiger partial charge is 0.487 e. The van der Waals surface area contributed by atoms with E-state index in [2.05, 4.69) is 45.9 Å². The van der Waals surface area contributed by atoms with Crippen LogP contribution in [0.15, 0.2) is 18.2 Å². The highest BCUT2D eigenvalue weighted by molar-refractivity contribution is 5.39. The maximum atomic E-state index is 6.20. The van der Waals surface area contributed by atoms with Crippen molar-refractivity contribution in [1.29, 1.82) is 0 Å². The SMILES string of the molecule is CCCOC1C(N)CC1Oc1cc(C)ccc1C(C)C. The molecule has 0 bridgehead atoms. The molecular weight excluding hydrogens is 250 g/mol. The first-order chi connectivity index (χ1) is 9.52. The average molecular weight is 277 g/mol. The molecule has 0 aliphatic heterocycles. The van der Waals surface area contributed by atoms with Gasteiger partial charge in [-0.2, -0.15) is 0 Å². The Hall–Kier alpha value is -1.06. The minimum Gasteiger partial charge on any atom is -0.487 e. The van der Waals surface area contributed by atoms with Crippen molar-refractivity contribution in [2.45, 2.75) is 64.7 Å². The zero-order valence-corrected chi connectivity index (χ0v) is 13.1. The Morgan fingerprint density at radius 2 is 2.10 bits per heavy atom. The minimum absolute atomic E-state index is 0.0375. The molecular formula is C17H27NO2. The third kappa shape index (κ3) is 3.33. The molecule has 20 heavy (non-hydrogen) atoms. The number of ether oxygens (including phenoxy) is 2. The van der Waals surface area contributed by atoms with E-state index in [4.69, 9.17) is 15.2 Å². The van der Waals surface area contributed by atoms with E-state index >= 15 is 0 Å². The van der Waals surface area contributed by atoms with Crippen LogP contribution in [-0.2, 0) is 4.74 Å². The van der Waals surface area contributed by atoms with Gasteiger partial charge in [-0.15, -0.1) is 0 Å². The Kier molecular flexibility index (Phi) is 5.06. The molecule has 112 valence electrons. The summed E-state index contributed by atoms with van der Waals surface area (Å²) in [6.45, 7) is 9.33. The van der Waals surface area contributed by atoms with Crippen LogP contribution < -0.4 is 10.5 Å². The molecule has 1 saturated carbocycles. The van der Waals surface area contributed by atoms with Gasteiger partial charge in [0, 0.05) is 19.1 Å². The van der Waals surface area contributed by atoms with Gasteiger partial charge in [0.05, 0.1) is 0 Å². The maximum Gasteiger partial charge on any atom is 0.128 e. The summed E-state index contributed by atoms with van der Waals surface area (Å²) in [5.41, 5.74) is 8.51. The molecule has 0 amide bonds. The molecule has 2 N–H and O–H groups in total. The van der Waals surface area contributed by atoms with Crippen molar-refractivity contribution >= 4 is 0 Å². The predicted molar refractivity (Wildman–Crippen MR) is 82.3 cm³/mol. The van der Waals surface area contributed by atoms with Crippen LogP contribution >= 0.6 is 0 Å². The van der Waals surface area contributed by atoms with E-state index in [-0.39, 0.29) is 18.2 Å². The number of hydrogen-bond acceptors (Lipinski definition) is 3. The van der Waals surface area contributed by atoms with E-state index in [0.717, 1.165) is 25.2 Å². The van der Waals surface area contributed by atoms with E-state index in [0.29, 0.717) is 5.92 Å². The Bertz CT molecular complexity index is 445. The highest BCUT2D eigenvalue weighted by Gasteiger charge is 2.41. The zero-order valence-electron chi connectivity index (χ0n) is 13.1. The first-order valence-electron chi connectivity index (χ1n) is 7.67. The summed E-state index contributed by atoms with van der Waals surface area (Å²) < 4.78 is 12.0. The van der Waals surface area contributed by atoms with Gasteiger partial charge < -0.3 is 15.2 Å². The van der Waals surface area contributed by atoms with E-state index in [1.807, 2.05) is 0 Å². The van der Waals surface area contributed by atoms with Crippen LogP contribution in [-0.4, -0.2) is 24.9 Å². The number of aryl methyl sites for hydroxylation is 1. The second-order valence-corrected chi connectivity index (χ2v) is 6.09. The van der Waals surface area contributed by atoms with Crippen LogP contribution in [0.1, 0.15) is 50.7 Å². The molecule has 2 rings (SSSR count). The second kappa shape index (κ2) is 6.59. The van der Waals surface area contributed by atoms with Gasteiger partial charge in [0.2, 0.25) is 0 Å². The summed E-state index contributed by atoms with van der Waals surface area (Å²) in [5, 5.41) is 0. The lowest BCUT2D eigenvalue weighted by Crippen LogP contribution is -2.59. The van der Waals surface area contributed by atoms with E-state index in [9.17, 15) is 0 Å². The molecule has 0 heterocycles. The number of benzene rings is 1. The standard InChI is InChI=1S/C17H27NO2/c1-5-8-19-17-14(18)10-16(17)20-15-9-12(4)6-7-13(15)11(2)3/h6-7,9,11,14,16-17H,5,8,10,18H2,1-4H3. The fourth-order valence-corrected chi connectivity index (χ4v) is 2.60. The number of hydrogen-bond donors (Lipinski definition) is 1. The first kappa shape index (κ1) is 15.3. The van der Waals surface area contributed by atoms with Crippen LogP contribution in [0.25, 0.3) is 0 Å². The molecule has 3 unspecified atom stereocenters. The Morgan fingerprint density at radius 3 is 2.70 bits per heavy atom. The van der Waals surface area contributed by atoms with E-state index < -0.39 is 0 Å². The smallest absolute Gasteiger partial charge is 0.128 e. The molecule has 0 radical (unpaired) electrons. The quantitative estimate of drug-likeness (QED) is 0.867. The van der Waals surface area contributed by atoms with Gasteiger partial charge in [-0.3, -0.25) is 0 Å². The molecule has 3 heteroatoms. The highest BCUT2D eigenvalue weighted by atomic mass is 16.5. The van der Waals surface area contributed by atoms with Crippen LogP contribution in [0.3, 0.4) is 0 Å². The Labute approximate surface area is 122 Å². The van der Waals surface area contributed by atoms with Crippen LogP contribution in [0.2, 0.25) is 0 Å². The van der Waals surface area contributed by atoms with Crippen molar-refractivity contribution < 1.29 is 9.47 Å². The van der Waals surface area contributed by atoms with Gasteiger partial charge in [-0.25, -0.2) is 0 Å². The second-order valence-electron chi connectivity index (χ2n) is 6.09. The van der Waals surface area contributed by atoms with Crippen molar-refractivity contribution in [3.63, 3.8) is 0 Å². The topological polar surface area (TPSA) is 44.5 Å². The summed E-state index contributed by atoms with van der Waals surface area (Å²) in [6.07, 6.45) is 2.02. The van der Waals surface area contributed by atoms with Crippen LogP contribution in [0.4, 0.5) is 0 Å². The normalized spacial score (nSPS) is 25.6. The lowest BCUT2D eigenvalue weighted by Gasteiger charge is -2.42. The van der Waals surface area contributed by atoms with E-state index in [1.165, 1.54) is 11.1 Å². The van der Waals surface area contributed by atoms with Gasteiger partial charge in [-0.05, 0) is 36.5 Å². The van der Waals surface area contributed by atoms with Crippen molar-refractivity contribution in [1.82, 2.24) is 0 Å². The summed E-state index contributed by atoms with van der Waals surface area (Å²) >= 11 is 0. The van der Waals surface area contributed by atoms with Crippen LogP contribution in [0, 0.1) is 6.92 Å². The highest BCUT2D eigenvalue weighted by Crippen LogP contribution is 2.33. The molecule has 0 saturated heterocycles. The first-order valence-corrected chi connectivity index (χ1v) is 7.67. The fourth-order valence-electron chi connectivity index (χ4n) is 2.60. The third-order valence-corrected chi connectivity index (χ3v) is 3.88.